The number of amides is 1. The number of nitrogens with zero attached hydrogens (tertiary/aromatic N) is 2. The van der Waals surface area contributed by atoms with Crippen molar-refractivity contribution in [3.8, 4) is 0 Å². The number of likely N-dealkylation sites (tertiary alicyclic amines) is 1. The van der Waals surface area contributed by atoms with Gasteiger partial charge in [0.1, 0.15) is 17.2 Å². The molecule has 0 atom stereocenters. The molecule has 0 aliphatic carbocycles. The number of hydrogen-bond donors (Lipinski definition) is 0. The lowest BCUT2D eigenvalue weighted by Crippen LogP contribution is -2.41. The summed E-state index contributed by atoms with van der Waals surface area (Å²) in [5.74, 6) is -2.82. The van der Waals surface area contributed by atoms with Crippen molar-refractivity contribution in [2.45, 2.75) is 25.8 Å². The second kappa shape index (κ2) is 6.64. The third kappa shape index (κ3) is 3.03. The third-order valence-electron chi connectivity index (χ3n) is 5.06. The van der Waals surface area contributed by atoms with Crippen molar-refractivity contribution < 1.29 is 18.0 Å². The lowest BCUT2D eigenvalue weighted by Gasteiger charge is -2.32. The average Bonchev–Trinajstić information content (AvgIpc) is 2.96. The Kier molecular flexibility index (Phi) is 4.30. The molecule has 140 valence electrons. The van der Waals surface area contributed by atoms with E-state index < -0.39 is 28.9 Å². The summed E-state index contributed by atoms with van der Waals surface area (Å²) in [5.41, 5.74) is 1.74. The van der Waals surface area contributed by atoms with E-state index in [4.69, 9.17) is 4.42 Å². The minimum Gasteiger partial charge on any atom is -0.408 e. The Morgan fingerprint density at radius 3 is 2.44 bits per heavy atom. The first-order chi connectivity index (χ1) is 13.0. The predicted molar refractivity (Wildman–Crippen MR) is 95.7 cm³/mol. The quantitative estimate of drug-likeness (QED) is 0.690. The fourth-order valence-electron chi connectivity index (χ4n) is 3.68. The summed E-state index contributed by atoms with van der Waals surface area (Å²) in [6, 6.07) is 8.78. The van der Waals surface area contributed by atoms with Crippen molar-refractivity contribution in [3.63, 3.8) is 0 Å². The first-order valence-electron chi connectivity index (χ1n) is 8.80. The normalized spacial score (nSPS) is 15.4. The zero-order valence-corrected chi connectivity index (χ0v) is 14.7. The number of oxazole rings is 1. The van der Waals surface area contributed by atoms with E-state index in [-0.39, 0.29) is 6.04 Å². The van der Waals surface area contributed by atoms with Crippen molar-refractivity contribution >= 4 is 17.0 Å². The maximum Gasteiger partial charge on any atom is 0.420 e. The smallest absolute Gasteiger partial charge is 0.408 e. The number of carbonyl (C=O) groups is 1. The molecule has 0 unspecified atom stereocenters. The van der Waals surface area contributed by atoms with Gasteiger partial charge in [-0.3, -0.25) is 9.36 Å². The monoisotopic (exact) mass is 372 g/mol. The summed E-state index contributed by atoms with van der Waals surface area (Å²) < 4.78 is 34.7. The highest BCUT2D eigenvalue weighted by Gasteiger charge is 2.29. The van der Waals surface area contributed by atoms with Gasteiger partial charge in [0, 0.05) is 19.1 Å². The molecule has 3 aromatic rings. The molecule has 1 aromatic heterocycles. The highest BCUT2D eigenvalue weighted by molar-refractivity contribution is 5.94. The lowest BCUT2D eigenvalue weighted by molar-refractivity contribution is 0.0684. The van der Waals surface area contributed by atoms with Crippen molar-refractivity contribution in [2.75, 3.05) is 13.1 Å². The van der Waals surface area contributed by atoms with Crippen LogP contribution < -0.4 is 5.76 Å². The van der Waals surface area contributed by atoms with Gasteiger partial charge in [0.25, 0.3) is 5.91 Å². The maximum atomic E-state index is 13.9. The van der Waals surface area contributed by atoms with Crippen molar-refractivity contribution in [1.82, 2.24) is 9.47 Å². The van der Waals surface area contributed by atoms with Crippen LogP contribution in [-0.2, 0) is 0 Å². The number of fused-ring (bicyclic) bond motifs is 1. The molecule has 1 aliphatic rings. The van der Waals surface area contributed by atoms with E-state index in [1.165, 1.54) is 11.0 Å². The van der Waals surface area contributed by atoms with Crippen LogP contribution in [0.1, 0.15) is 34.8 Å². The molecule has 2 aromatic carbocycles. The van der Waals surface area contributed by atoms with Gasteiger partial charge in [-0.15, -0.1) is 0 Å². The molecule has 1 saturated heterocycles. The molecule has 7 heteroatoms. The second-order valence-corrected chi connectivity index (χ2v) is 6.83. The predicted octanol–water partition coefficient (Wildman–Crippen LogP) is 3.66. The van der Waals surface area contributed by atoms with E-state index >= 15 is 0 Å². The molecule has 1 aliphatic heterocycles. The van der Waals surface area contributed by atoms with Crippen LogP contribution in [0.4, 0.5) is 8.78 Å². The molecular formula is C20H18F2N2O3. The van der Waals surface area contributed by atoms with E-state index in [1.807, 2.05) is 19.1 Å². The fraction of sp³-hybridized carbons (Fsp3) is 0.300. The van der Waals surface area contributed by atoms with Crippen LogP contribution in [0.2, 0.25) is 0 Å². The van der Waals surface area contributed by atoms with Gasteiger partial charge in [0.05, 0.1) is 5.52 Å². The van der Waals surface area contributed by atoms with Crippen LogP contribution in [-0.4, -0.2) is 28.5 Å². The molecule has 0 saturated carbocycles. The SMILES string of the molecule is Cc1ccc2oc(=O)n(C3CCN(C(=O)c4c(F)cccc4F)CC3)c2c1. The van der Waals surface area contributed by atoms with E-state index in [0.717, 1.165) is 23.2 Å². The molecule has 0 spiro atoms. The zero-order chi connectivity index (χ0) is 19.1. The zero-order valence-electron chi connectivity index (χ0n) is 14.7. The maximum absolute atomic E-state index is 13.9. The lowest BCUT2D eigenvalue weighted by atomic mass is 10.0. The Morgan fingerprint density at radius 2 is 1.78 bits per heavy atom. The second-order valence-electron chi connectivity index (χ2n) is 6.83. The Hall–Kier alpha value is -2.96. The Balaban J connectivity index is 1.56. The molecule has 0 bridgehead atoms. The van der Waals surface area contributed by atoms with E-state index in [9.17, 15) is 18.4 Å². The molecule has 0 radical (unpaired) electrons. The Bertz CT molecular complexity index is 1060. The average molecular weight is 372 g/mol. The molecule has 4 rings (SSSR count). The summed E-state index contributed by atoms with van der Waals surface area (Å²) in [6.07, 6.45) is 1.01. The van der Waals surface area contributed by atoms with Crippen LogP contribution in [0.25, 0.3) is 11.1 Å². The molecule has 5 nitrogen and oxygen atoms in total. The minimum absolute atomic E-state index is 0.130. The van der Waals surface area contributed by atoms with Crippen LogP contribution in [0, 0.1) is 18.6 Å². The number of aromatic nitrogens is 1. The van der Waals surface area contributed by atoms with E-state index in [1.54, 1.807) is 10.6 Å². The standard InChI is InChI=1S/C20H18F2N2O3/c1-12-5-6-17-16(11-12)24(20(26)27-17)13-7-9-23(10-8-13)19(25)18-14(21)3-2-4-15(18)22/h2-6,11,13H,7-10H2,1H3. The largest absolute Gasteiger partial charge is 0.420 e. The number of rotatable bonds is 2. The number of carbonyl (C=O) groups excluding carboxylic acids is 1. The van der Waals surface area contributed by atoms with Gasteiger partial charge in [0.2, 0.25) is 0 Å². The van der Waals surface area contributed by atoms with Gasteiger partial charge in [-0.05, 0) is 49.6 Å². The van der Waals surface area contributed by atoms with Crippen molar-refractivity contribution in [1.29, 1.82) is 0 Å². The van der Waals surface area contributed by atoms with Crippen LogP contribution in [0.15, 0.2) is 45.6 Å². The minimum atomic E-state index is -0.866. The summed E-state index contributed by atoms with van der Waals surface area (Å²) in [6.45, 7) is 2.55. The van der Waals surface area contributed by atoms with Gasteiger partial charge < -0.3 is 9.32 Å². The number of benzene rings is 2. The molecule has 0 N–H and O–H groups in total. The van der Waals surface area contributed by atoms with E-state index in [2.05, 4.69) is 0 Å². The summed E-state index contributed by atoms with van der Waals surface area (Å²) in [4.78, 5) is 26.2. The highest BCUT2D eigenvalue weighted by atomic mass is 19.1. The number of piperidine rings is 1. The number of aryl methyl sites for hydroxylation is 1. The fourth-order valence-corrected chi connectivity index (χ4v) is 3.68. The first-order valence-corrected chi connectivity index (χ1v) is 8.80. The van der Waals surface area contributed by atoms with Gasteiger partial charge >= 0.3 is 5.76 Å². The van der Waals surface area contributed by atoms with Gasteiger partial charge in [0.15, 0.2) is 5.58 Å². The Labute approximate surface area is 153 Å². The van der Waals surface area contributed by atoms with Crippen LogP contribution >= 0.6 is 0 Å². The first kappa shape index (κ1) is 17.5. The number of halogens is 2. The van der Waals surface area contributed by atoms with Crippen LogP contribution in [0.5, 0.6) is 0 Å². The highest BCUT2D eigenvalue weighted by Crippen LogP contribution is 2.27. The molecule has 1 fully saturated rings. The molecule has 1 amide bonds. The molecule has 2 heterocycles. The van der Waals surface area contributed by atoms with Gasteiger partial charge in [-0.1, -0.05) is 12.1 Å². The Morgan fingerprint density at radius 1 is 1.11 bits per heavy atom. The van der Waals surface area contributed by atoms with Gasteiger partial charge in [-0.25, -0.2) is 13.6 Å². The van der Waals surface area contributed by atoms with Crippen molar-refractivity contribution in [3.05, 3.63) is 69.7 Å². The summed E-state index contributed by atoms with van der Waals surface area (Å²) >= 11 is 0. The topological polar surface area (TPSA) is 55.5 Å². The van der Waals surface area contributed by atoms with E-state index in [0.29, 0.717) is 31.5 Å². The molecule has 27 heavy (non-hydrogen) atoms. The van der Waals surface area contributed by atoms with Crippen molar-refractivity contribution in [2.24, 2.45) is 0 Å². The molecular weight excluding hydrogens is 354 g/mol. The third-order valence-corrected chi connectivity index (χ3v) is 5.06. The van der Waals surface area contributed by atoms with Crippen LogP contribution in [0.3, 0.4) is 0 Å². The van der Waals surface area contributed by atoms with Gasteiger partial charge in [-0.2, -0.15) is 0 Å². The number of hydrogen-bond acceptors (Lipinski definition) is 3. The summed E-state index contributed by atoms with van der Waals surface area (Å²) in [7, 11) is 0. The summed E-state index contributed by atoms with van der Waals surface area (Å²) in [5, 5.41) is 0.